The number of benzene rings is 3. The first-order valence-electron chi connectivity index (χ1n) is 10.3. The first kappa shape index (κ1) is 21.9. The molecule has 6 nitrogen and oxygen atoms in total. The van der Waals surface area contributed by atoms with E-state index in [2.05, 4.69) is 29.0 Å². The number of carbonyl (C=O) groups excluding carboxylic acids is 2. The van der Waals surface area contributed by atoms with E-state index < -0.39 is 0 Å². The number of hydrogen-bond donors (Lipinski definition) is 0. The van der Waals surface area contributed by atoms with Crippen molar-refractivity contribution in [2.24, 2.45) is 5.10 Å². The lowest BCUT2D eigenvalue weighted by Crippen LogP contribution is -2.29. The van der Waals surface area contributed by atoms with E-state index >= 15 is 0 Å². The van der Waals surface area contributed by atoms with Crippen molar-refractivity contribution in [3.05, 3.63) is 77.9 Å². The number of ether oxygens (including phenoxy) is 2. The van der Waals surface area contributed by atoms with Gasteiger partial charge in [-0.3, -0.25) is 9.59 Å². The summed E-state index contributed by atoms with van der Waals surface area (Å²) in [5.41, 5.74) is 2.85. The van der Waals surface area contributed by atoms with E-state index in [1.807, 2.05) is 42.5 Å². The van der Waals surface area contributed by atoms with Crippen molar-refractivity contribution in [2.75, 3.05) is 25.7 Å². The van der Waals surface area contributed by atoms with Gasteiger partial charge in [-0.2, -0.15) is 5.10 Å². The molecular formula is C25H24N2O4S. The number of hydrogen-bond acceptors (Lipinski definition) is 6. The molecule has 0 radical (unpaired) electrons. The molecule has 7 heteroatoms. The van der Waals surface area contributed by atoms with Crippen LogP contribution in [0.15, 0.2) is 71.8 Å². The van der Waals surface area contributed by atoms with Crippen LogP contribution in [-0.2, 0) is 14.3 Å². The second-order valence-corrected chi connectivity index (χ2v) is 8.39. The molecule has 0 bridgehead atoms. The van der Waals surface area contributed by atoms with Gasteiger partial charge in [0.1, 0.15) is 5.75 Å². The Morgan fingerprint density at radius 2 is 1.75 bits per heavy atom. The quantitative estimate of drug-likeness (QED) is 0.500. The maximum absolute atomic E-state index is 13.0. The van der Waals surface area contributed by atoms with Gasteiger partial charge < -0.3 is 9.47 Å². The van der Waals surface area contributed by atoms with Gasteiger partial charge in [0.15, 0.2) is 0 Å². The van der Waals surface area contributed by atoms with Crippen molar-refractivity contribution in [3.63, 3.8) is 0 Å². The van der Waals surface area contributed by atoms with Gasteiger partial charge in [-0.1, -0.05) is 48.5 Å². The van der Waals surface area contributed by atoms with Crippen molar-refractivity contribution >= 4 is 40.1 Å². The highest BCUT2D eigenvalue weighted by Gasteiger charge is 2.33. The van der Waals surface area contributed by atoms with Crippen LogP contribution in [0.2, 0.25) is 0 Å². The van der Waals surface area contributed by atoms with Gasteiger partial charge in [0.2, 0.25) is 0 Å². The van der Waals surface area contributed by atoms with Crippen molar-refractivity contribution in [3.8, 4) is 5.75 Å². The lowest BCUT2D eigenvalue weighted by atomic mass is 9.97. The van der Waals surface area contributed by atoms with Crippen LogP contribution in [0, 0.1) is 0 Å². The summed E-state index contributed by atoms with van der Waals surface area (Å²) in [4.78, 5) is 24.4. The number of carbonyl (C=O) groups is 2. The Bertz CT molecular complexity index is 1160. The van der Waals surface area contributed by atoms with Gasteiger partial charge in [0.05, 0.1) is 37.5 Å². The molecule has 1 heterocycles. The summed E-state index contributed by atoms with van der Waals surface area (Å²) in [5.74, 6) is 0.543. The third kappa shape index (κ3) is 4.78. The minimum atomic E-state index is -0.351. The second kappa shape index (κ2) is 9.87. The van der Waals surface area contributed by atoms with Crippen LogP contribution in [0.5, 0.6) is 5.75 Å². The van der Waals surface area contributed by atoms with E-state index in [0.717, 1.165) is 33.4 Å². The molecule has 164 valence electrons. The number of fused-ring (bicyclic) bond motifs is 1. The largest absolute Gasteiger partial charge is 0.497 e. The summed E-state index contributed by atoms with van der Waals surface area (Å²) in [6.07, 6.45) is 0.609. The minimum absolute atomic E-state index is 0.129. The molecular weight excluding hydrogens is 424 g/mol. The molecule has 0 saturated heterocycles. The smallest absolute Gasteiger partial charge is 0.315 e. The maximum atomic E-state index is 13.0. The molecule has 4 rings (SSSR count). The fourth-order valence-electron chi connectivity index (χ4n) is 3.72. The highest BCUT2D eigenvalue weighted by molar-refractivity contribution is 8.00. The first-order valence-corrected chi connectivity index (χ1v) is 11.4. The zero-order chi connectivity index (χ0) is 22.5. The second-order valence-electron chi connectivity index (χ2n) is 7.41. The Morgan fingerprint density at radius 1 is 1.00 bits per heavy atom. The standard InChI is InChI=1S/C25H24N2O4S/c1-30-21-11-9-18(10-12-21)23-14-22(20-8-7-17-5-3-4-6-19(17)13-20)26-27(23)24(28)15-32-16-25(29)31-2/h3-13,23H,14-16H2,1-2H3. The average Bonchev–Trinajstić information content (AvgIpc) is 3.29. The summed E-state index contributed by atoms with van der Waals surface area (Å²) < 4.78 is 9.92. The van der Waals surface area contributed by atoms with E-state index in [1.54, 1.807) is 12.1 Å². The van der Waals surface area contributed by atoms with Crippen molar-refractivity contribution in [2.45, 2.75) is 12.5 Å². The summed E-state index contributed by atoms with van der Waals surface area (Å²) in [7, 11) is 2.96. The molecule has 1 atom stereocenters. The molecule has 0 fully saturated rings. The lowest BCUT2D eigenvalue weighted by molar-refractivity contribution is -0.137. The Balaban J connectivity index is 1.61. The zero-order valence-corrected chi connectivity index (χ0v) is 18.8. The van der Waals surface area contributed by atoms with Crippen LogP contribution >= 0.6 is 11.8 Å². The fourth-order valence-corrected chi connectivity index (χ4v) is 4.41. The van der Waals surface area contributed by atoms with Gasteiger partial charge in [0, 0.05) is 6.42 Å². The topological polar surface area (TPSA) is 68.2 Å². The number of amides is 1. The Labute approximate surface area is 191 Å². The predicted molar refractivity (Wildman–Crippen MR) is 127 cm³/mol. The number of esters is 1. The van der Waals surface area contributed by atoms with E-state index in [0.29, 0.717) is 6.42 Å². The molecule has 3 aromatic carbocycles. The molecule has 1 aliphatic rings. The van der Waals surface area contributed by atoms with Gasteiger partial charge >= 0.3 is 5.97 Å². The van der Waals surface area contributed by atoms with Gasteiger partial charge in [-0.15, -0.1) is 11.8 Å². The Morgan fingerprint density at radius 3 is 2.47 bits per heavy atom. The zero-order valence-electron chi connectivity index (χ0n) is 18.0. The number of methoxy groups -OCH3 is 2. The van der Waals surface area contributed by atoms with E-state index in [9.17, 15) is 9.59 Å². The Hall–Kier alpha value is -3.32. The van der Waals surface area contributed by atoms with Crippen molar-refractivity contribution in [1.82, 2.24) is 5.01 Å². The number of nitrogens with zero attached hydrogens (tertiary/aromatic N) is 2. The molecule has 1 aliphatic heterocycles. The normalized spacial score (nSPS) is 15.5. The lowest BCUT2D eigenvalue weighted by Gasteiger charge is -2.22. The van der Waals surface area contributed by atoms with Crippen LogP contribution in [0.1, 0.15) is 23.6 Å². The Kier molecular flexibility index (Phi) is 6.75. The third-order valence-corrected chi connectivity index (χ3v) is 6.31. The van der Waals surface area contributed by atoms with Gasteiger partial charge in [-0.05, 0) is 40.1 Å². The molecule has 1 amide bonds. The molecule has 1 unspecified atom stereocenters. The highest BCUT2D eigenvalue weighted by Crippen LogP contribution is 2.34. The summed E-state index contributed by atoms with van der Waals surface area (Å²) in [6, 6.07) is 21.9. The predicted octanol–water partition coefficient (Wildman–Crippen LogP) is 4.43. The number of rotatable bonds is 7. The SMILES string of the molecule is COC(=O)CSCC(=O)N1N=C(c2ccc3ccccc3c2)CC1c1ccc(OC)cc1. The third-order valence-electron chi connectivity index (χ3n) is 5.42. The highest BCUT2D eigenvalue weighted by atomic mass is 32.2. The van der Waals surface area contributed by atoms with Gasteiger partial charge in [0.25, 0.3) is 5.91 Å². The maximum Gasteiger partial charge on any atom is 0.315 e. The van der Waals surface area contributed by atoms with E-state index in [1.165, 1.54) is 18.9 Å². The molecule has 3 aromatic rings. The number of hydrazone groups is 1. The molecule has 0 aromatic heterocycles. The molecule has 32 heavy (non-hydrogen) atoms. The summed E-state index contributed by atoms with van der Waals surface area (Å²) in [5, 5.41) is 8.57. The van der Waals surface area contributed by atoms with Crippen LogP contribution < -0.4 is 4.74 Å². The molecule has 0 saturated carbocycles. The molecule has 0 aliphatic carbocycles. The van der Waals surface area contributed by atoms with Crippen LogP contribution in [-0.4, -0.2) is 48.3 Å². The average molecular weight is 449 g/mol. The summed E-state index contributed by atoms with van der Waals surface area (Å²) in [6.45, 7) is 0. The van der Waals surface area contributed by atoms with E-state index in [4.69, 9.17) is 9.84 Å². The molecule has 0 N–H and O–H groups in total. The first-order chi connectivity index (χ1) is 15.6. The summed E-state index contributed by atoms with van der Waals surface area (Å²) >= 11 is 1.23. The number of thioether (sulfide) groups is 1. The molecule has 0 spiro atoms. The van der Waals surface area contributed by atoms with Crippen LogP contribution in [0.4, 0.5) is 0 Å². The van der Waals surface area contributed by atoms with Crippen LogP contribution in [0.3, 0.4) is 0 Å². The van der Waals surface area contributed by atoms with E-state index in [-0.39, 0.29) is 29.4 Å². The minimum Gasteiger partial charge on any atom is -0.497 e. The van der Waals surface area contributed by atoms with Crippen molar-refractivity contribution in [1.29, 1.82) is 0 Å². The monoisotopic (exact) mass is 448 g/mol. The van der Waals surface area contributed by atoms with Gasteiger partial charge in [-0.25, -0.2) is 5.01 Å². The van der Waals surface area contributed by atoms with Crippen molar-refractivity contribution < 1.29 is 19.1 Å². The van der Waals surface area contributed by atoms with Crippen LogP contribution in [0.25, 0.3) is 10.8 Å². The fraction of sp³-hybridized carbons (Fsp3) is 0.240.